The maximum absolute atomic E-state index is 16.5. The third kappa shape index (κ3) is 4.89. The largest absolute Gasteiger partial charge is 1.00 e. The molecule has 0 aliphatic carbocycles. The van der Waals surface area contributed by atoms with Crippen LogP contribution in [0, 0.1) is 5.92 Å². The minimum atomic E-state index is -2.36. The molecule has 0 N–H and O–H groups in total. The fourth-order valence-electron chi connectivity index (χ4n) is 5.01. The molecule has 0 spiro atoms. The van der Waals surface area contributed by atoms with E-state index in [1.54, 1.807) is 60.7 Å². The Balaban J connectivity index is 0.00000289. The highest BCUT2D eigenvalue weighted by Crippen LogP contribution is 2.39. The summed E-state index contributed by atoms with van der Waals surface area (Å²) in [7, 11) is 0. The first-order chi connectivity index (χ1) is 14.9. The van der Waals surface area contributed by atoms with Gasteiger partial charge in [-0.15, -0.1) is 0 Å². The summed E-state index contributed by atoms with van der Waals surface area (Å²) in [6.07, 6.45) is 1.51. The number of rotatable bonds is 7. The van der Waals surface area contributed by atoms with Crippen molar-refractivity contribution in [3.63, 3.8) is 0 Å². The van der Waals surface area contributed by atoms with Gasteiger partial charge in [0.2, 0.25) is 0 Å². The maximum atomic E-state index is 16.5. The molecule has 0 saturated carbocycles. The molecule has 5 rings (SSSR count). The van der Waals surface area contributed by atoms with Crippen molar-refractivity contribution in [2.75, 3.05) is 32.8 Å². The normalized spacial score (nSPS) is 24.3. The zero-order valence-corrected chi connectivity index (χ0v) is 19.8. The highest BCUT2D eigenvalue weighted by molar-refractivity contribution is 5.85. The Morgan fingerprint density at radius 3 is 2.03 bits per heavy atom. The van der Waals surface area contributed by atoms with Crippen molar-refractivity contribution in [2.45, 2.75) is 31.5 Å². The second-order valence-electron chi connectivity index (χ2n) is 8.71. The van der Waals surface area contributed by atoms with Crippen LogP contribution < -0.4 is 17.0 Å². The predicted molar refractivity (Wildman–Crippen MR) is 114 cm³/mol. The molecule has 2 bridgehead atoms. The fourth-order valence-corrected chi connectivity index (χ4v) is 5.01. The third-order valence-corrected chi connectivity index (χ3v) is 6.80. The van der Waals surface area contributed by atoms with Gasteiger partial charge in [0.05, 0.1) is 13.1 Å². The predicted octanol–water partition coefficient (Wildman–Crippen LogP) is 0.619. The number of nitrogens with zero attached hydrogens (tertiary/aromatic N) is 1. The van der Waals surface area contributed by atoms with E-state index >= 15 is 4.39 Å². The summed E-state index contributed by atoms with van der Waals surface area (Å²) in [5.41, 5.74) is -1.82. The van der Waals surface area contributed by atoms with Gasteiger partial charge in [0.25, 0.3) is 5.67 Å². The number of carbonyl (C=O) groups is 2. The van der Waals surface area contributed by atoms with Crippen molar-refractivity contribution in [1.82, 2.24) is 0 Å². The van der Waals surface area contributed by atoms with Crippen molar-refractivity contribution < 1.29 is 44.9 Å². The maximum Gasteiger partial charge on any atom is 0.353 e. The highest BCUT2D eigenvalue weighted by atomic mass is 79.9. The number of hydrogen-bond donors (Lipinski definition) is 0. The first-order valence-electron chi connectivity index (χ1n) is 10.9. The minimum Gasteiger partial charge on any atom is -1.00 e. The molecule has 0 amide bonds. The molecular weight excluding hydrogens is 477 g/mol. The molecule has 3 fully saturated rings. The van der Waals surface area contributed by atoms with E-state index in [1.165, 1.54) is 6.92 Å². The van der Waals surface area contributed by atoms with E-state index in [9.17, 15) is 9.59 Å². The second-order valence-corrected chi connectivity index (χ2v) is 8.71. The summed E-state index contributed by atoms with van der Waals surface area (Å²) >= 11 is 0. The third-order valence-electron chi connectivity index (χ3n) is 6.80. The Labute approximate surface area is 198 Å². The number of piperidine rings is 3. The Kier molecular flexibility index (Phi) is 7.72. The Hall–Kier alpha value is -2.25. The van der Waals surface area contributed by atoms with Crippen LogP contribution >= 0.6 is 0 Å². The first-order valence-corrected chi connectivity index (χ1v) is 10.9. The van der Waals surface area contributed by atoms with Crippen molar-refractivity contribution in [2.24, 2.45) is 5.92 Å². The molecule has 0 aromatic heterocycles. The van der Waals surface area contributed by atoms with E-state index in [2.05, 4.69) is 0 Å². The second kappa shape index (κ2) is 10.1. The molecule has 2 aromatic carbocycles. The highest BCUT2D eigenvalue weighted by Gasteiger charge is 2.51. The van der Waals surface area contributed by atoms with Crippen LogP contribution in [-0.2, 0) is 24.7 Å². The topological polar surface area (TPSA) is 52.6 Å². The van der Waals surface area contributed by atoms with E-state index in [-0.39, 0.29) is 46.1 Å². The molecule has 2 aromatic rings. The van der Waals surface area contributed by atoms with Crippen LogP contribution in [0.5, 0.6) is 0 Å². The lowest BCUT2D eigenvalue weighted by atomic mass is 9.82. The lowest BCUT2D eigenvalue weighted by molar-refractivity contribution is -0.946. The molecule has 3 heterocycles. The monoisotopic (exact) mass is 505 g/mol. The summed E-state index contributed by atoms with van der Waals surface area (Å²) in [5, 5.41) is 0. The molecule has 3 saturated heterocycles. The van der Waals surface area contributed by atoms with Gasteiger partial charge in [-0.25, -0.2) is 9.18 Å². The van der Waals surface area contributed by atoms with E-state index in [0.717, 1.165) is 30.4 Å². The molecule has 5 nitrogen and oxygen atoms in total. The first kappa shape index (κ1) is 24.4. The van der Waals surface area contributed by atoms with Crippen molar-refractivity contribution >= 4 is 11.9 Å². The van der Waals surface area contributed by atoms with Crippen LogP contribution in [0.15, 0.2) is 60.7 Å². The van der Waals surface area contributed by atoms with E-state index in [0.29, 0.717) is 19.7 Å². The number of ether oxygens (including phenoxy) is 2. The van der Waals surface area contributed by atoms with Gasteiger partial charge >= 0.3 is 11.9 Å². The van der Waals surface area contributed by atoms with Gasteiger partial charge < -0.3 is 30.9 Å². The number of fused-ring (bicyclic) bond motifs is 3. The molecule has 32 heavy (non-hydrogen) atoms. The van der Waals surface area contributed by atoms with Gasteiger partial charge in [-0.1, -0.05) is 60.7 Å². The van der Waals surface area contributed by atoms with Gasteiger partial charge in [0.15, 0.2) is 6.10 Å². The molecule has 0 radical (unpaired) electrons. The zero-order chi connectivity index (χ0) is 21.9. The van der Waals surface area contributed by atoms with Gasteiger partial charge in [0, 0.05) is 36.8 Å². The number of carbonyl (C=O) groups excluding carboxylic acids is 2. The SMILES string of the molecule is CC(=O)OCC[N+]12CCC(CC1)[C@@H](OC(=O)C(F)(c1ccccc1)c1ccccc1)C2.[Br-]. The molecule has 0 unspecified atom stereocenters. The molecule has 172 valence electrons. The lowest BCUT2D eigenvalue weighted by Crippen LogP contribution is -3.00. The van der Waals surface area contributed by atoms with E-state index in [1.807, 2.05) is 0 Å². The molecular formula is C25H29BrFNO4. The minimum absolute atomic E-state index is 0. The summed E-state index contributed by atoms with van der Waals surface area (Å²) in [6.45, 7) is 5.02. The van der Waals surface area contributed by atoms with Gasteiger partial charge in [-0.05, 0) is 0 Å². The van der Waals surface area contributed by atoms with Crippen molar-refractivity contribution in [3.05, 3.63) is 71.8 Å². The van der Waals surface area contributed by atoms with Crippen LogP contribution in [0.25, 0.3) is 0 Å². The Bertz CT molecular complexity index is 877. The summed E-state index contributed by atoms with van der Waals surface area (Å²) in [4.78, 5) is 24.5. The number of benzene rings is 2. The number of alkyl halides is 1. The van der Waals surface area contributed by atoms with Gasteiger partial charge in [0.1, 0.15) is 19.7 Å². The summed E-state index contributed by atoms with van der Waals surface area (Å²) in [5.74, 6) is -0.906. The Morgan fingerprint density at radius 1 is 1.00 bits per heavy atom. The van der Waals surface area contributed by atoms with Gasteiger partial charge in [-0.3, -0.25) is 4.79 Å². The fraction of sp³-hybridized carbons (Fsp3) is 0.440. The molecule has 3 aliphatic rings. The number of hydrogen-bond acceptors (Lipinski definition) is 4. The quantitative estimate of drug-likeness (QED) is 0.409. The smallest absolute Gasteiger partial charge is 0.353 e. The van der Waals surface area contributed by atoms with Crippen molar-refractivity contribution in [3.8, 4) is 0 Å². The Morgan fingerprint density at radius 2 is 1.53 bits per heavy atom. The van der Waals surface area contributed by atoms with Gasteiger partial charge in [-0.2, -0.15) is 0 Å². The van der Waals surface area contributed by atoms with E-state index in [4.69, 9.17) is 9.47 Å². The van der Waals surface area contributed by atoms with E-state index < -0.39 is 11.6 Å². The van der Waals surface area contributed by atoms with Crippen LogP contribution in [0.3, 0.4) is 0 Å². The average molecular weight is 506 g/mol. The van der Waals surface area contributed by atoms with Crippen LogP contribution in [0.1, 0.15) is 30.9 Å². The molecule has 3 aliphatic heterocycles. The standard InChI is InChI=1S/C25H29FNO4.BrH/c1-19(28)30-17-16-27-14-12-20(13-15-27)23(18-27)31-24(29)25(26,21-8-4-2-5-9-21)22-10-6-3-7-11-22;/h2-11,20,23H,12-18H2,1H3;1H/q+1;/p-1/t20?,23-,27?;/m0./s1. The molecule has 1 atom stereocenters. The lowest BCUT2D eigenvalue weighted by Gasteiger charge is -2.52. The van der Waals surface area contributed by atoms with Crippen LogP contribution in [0.2, 0.25) is 0 Å². The molecule has 7 heteroatoms. The summed E-state index contributed by atoms with van der Waals surface area (Å²) < 4.78 is 28.3. The van der Waals surface area contributed by atoms with Crippen LogP contribution in [-0.4, -0.2) is 55.3 Å². The number of quaternary nitrogens is 1. The number of esters is 2. The average Bonchev–Trinajstić information content (AvgIpc) is 2.80. The summed E-state index contributed by atoms with van der Waals surface area (Å²) in [6, 6.07) is 17.0. The van der Waals surface area contributed by atoms with Crippen molar-refractivity contribution in [1.29, 1.82) is 0 Å². The zero-order valence-electron chi connectivity index (χ0n) is 18.2. The van der Waals surface area contributed by atoms with Crippen LogP contribution in [0.4, 0.5) is 4.39 Å². The number of halogens is 2.